The average Bonchev–Trinajstić information content (AvgIpc) is 2.23. The van der Waals surface area contributed by atoms with Crippen LogP contribution in [0.3, 0.4) is 0 Å². The first-order chi connectivity index (χ1) is 7.97. The Kier molecular flexibility index (Phi) is 8.68. The number of carbonyl (C=O) groups excluding carboxylic acids is 2. The molecule has 2 atom stereocenters. The lowest BCUT2D eigenvalue weighted by atomic mass is 10.1. The van der Waals surface area contributed by atoms with Gasteiger partial charge in [0, 0.05) is 6.42 Å². The number of Topliss-reactive ketones (excluding diaryl/α,β-unsaturated/α-hetero) is 1. The summed E-state index contributed by atoms with van der Waals surface area (Å²) < 4.78 is 5.05. The third kappa shape index (κ3) is 8.86. The van der Waals surface area contributed by atoms with Crippen molar-refractivity contribution in [1.82, 2.24) is 0 Å². The fraction of sp³-hybridized carbons (Fsp3) is 0.846. The van der Waals surface area contributed by atoms with Crippen molar-refractivity contribution in [2.75, 3.05) is 0 Å². The molecule has 0 spiro atoms. The smallest absolute Gasteiger partial charge is 0.335 e. The van der Waals surface area contributed by atoms with Gasteiger partial charge in [0.1, 0.15) is 5.78 Å². The highest BCUT2D eigenvalue weighted by molar-refractivity contribution is 5.84. The summed E-state index contributed by atoms with van der Waals surface area (Å²) in [6.45, 7) is 5.29. The summed E-state index contributed by atoms with van der Waals surface area (Å²) in [5.41, 5.74) is 0. The van der Waals surface area contributed by atoms with Crippen molar-refractivity contribution in [1.29, 1.82) is 0 Å². The molecule has 2 unspecified atom stereocenters. The Morgan fingerprint density at radius 3 is 2.41 bits per heavy atom. The molecule has 0 rings (SSSR count). The SMILES string of the molecule is CCCCCCC(C)OC(=O)C(O)CC(C)=O. The number of rotatable bonds is 9. The van der Waals surface area contributed by atoms with E-state index in [9.17, 15) is 14.7 Å². The first kappa shape index (κ1) is 16.1. The Hall–Kier alpha value is -0.900. The van der Waals surface area contributed by atoms with Gasteiger partial charge >= 0.3 is 5.97 Å². The molecule has 100 valence electrons. The predicted octanol–water partition coefficient (Wildman–Crippen LogP) is 2.23. The molecule has 17 heavy (non-hydrogen) atoms. The highest BCUT2D eigenvalue weighted by Crippen LogP contribution is 2.09. The van der Waals surface area contributed by atoms with Crippen LogP contribution in [0.4, 0.5) is 0 Å². The quantitative estimate of drug-likeness (QED) is 0.499. The standard InChI is InChI=1S/C13H24O4/c1-4-5-6-7-8-11(3)17-13(16)12(15)9-10(2)14/h11-12,15H,4-9H2,1-3H3. The Morgan fingerprint density at radius 1 is 1.24 bits per heavy atom. The fourth-order valence-corrected chi connectivity index (χ4v) is 1.55. The van der Waals surface area contributed by atoms with Crippen LogP contribution in [0.2, 0.25) is 0 Å². The van der Waals surface area contributed by atoms with E-state index in [1.165, 1.54) is 19.8 Å². The predicted molar refractivity (Wildman–Crippen MR) is 65.6 cm³/mol. The van der Waals surface area contributed by atoms with Gasteiger partial charge in [0.2, 0.25) is 0 Å². The van der Waals surface area contributed by atoms with E-state index >= 15 is 0 Å². The maximum atomic E-state index is 11.4. The zero-order valence-electron chi connectivity index (χ0n) is 11.1. The first-order valence-corrected chi connectivity index (χ1v) is 6.35. The van der Waals surface area contributed by atoms with Gasteiger partial charge < -0.3 is 9.84 Å². The van der Waals surface area contributed by atoms with Crippen molar-refractivity contribution < 1.29 is 19.4 Å². The van der Waals surface area contributed by atoms with Crippen LogP contribution in [0.1, 0.15) is 59.3 Å². The summed E-state index contributed by atoms with van der Waals surface area (Å²) in [6.07, 6.45) is 3.64. The van der Waals surface area contributed by atoms with E-state index < -0.39 is 12.1 Å². The Morgan fingerprint density at radius 2 is 1.88 bits per heavy atom. The molecule has 4 nitrogen and oxygen atoms in total. The second-order valence-electron chi connectivity index (χ2n) is 4.52. The van der Waals surface area contributed by atoms with E-state index in [1.807, 2.05) is 6.92 Å². The second kappa shape index (κ2) is 9.16. The van der Waals surface area contributed by atoms with Crippen molar-refractivity contribution in [3.8, 4) is 0 Å². The molecular formula is C13H24O4. The molecule has 0 aromatic carbocycles. The molecule has 0 saturated carbocycles. The number of hydrogen-bond acceptors (Lipinski definition) is 4. The minimum Gasteiger partial charge on any atom is -0.461 e. The molecule has 0 aliphatic rings. The van der Waals surface area contributed by atoms with Gasteiger partial charge in [-0.25, -0.2) is 4.79 Å². The molecule has 4 heteroatoms. The number of aliphatic hydroxyl groups is 1. The summed E-state index contributed by atoms with van der Waals surface area (Å²) >= 11 is 0. The van der Waals surface area contributed by atoms with Crippen LogP contribution in [0, 0.1) is 0 Å². The molecule has 0 amide bonds. The lowest BCUT2D eigenvalue weighted by Gasteiger charge is -2.15. The largest absolute Gasteiger partial charge is 0.461 e. The van der Waals surface area contributed by atoms with Crippen LogP contribution in [0.5, 0.6) is 0 Å². The lowest BCUT2D eigenvalue weighted by Crippen LogP contribution is -2.28. The summed E-state index contributed by atoms with van der Waals surface area (Å²) in [5.74, 6) is -0.909. The van der Waals surface area contributed by atoms with Gasteiger partial charge in [-0.05, 0) is 26.7 Å². The lowest BCUT2D eigenvalue weighted by molar-refractivity contribution is -0.160. The van der Waals surface area contributed by atoms with Gasteiger partial charge in [0.25, 0.3) is 0 Å². The number of ether oxygens (including phenoxy) is 1. The van der Waals surface area contributed by atoms with Crippen molar-refractivity contribution in [3.05, 3.63) is 0 Å². The molecular weight excluding hydrogens is 220 g/mol. The molecule has 0 aromatic rings. The minimum atomic E-state index is -1.31. The summed E-state index contributed by atoms with van der Waals surface area (Å²) in [6, 6.07) is 0. The summed E-state index contributed by atoms with van der Waals surface area (Å²) in [7, 11) is 0. The van der Waals surface area contributed by atoms with E-state index in [4.69, 9.17) is 4.74 Å². The van der Waals surface area contributed by atoms with Gasteiger partial charge in [-0.3, -0.25) is 4.79 Å². The van der Waals surface area contributed by atoms with Crippen LogP contribution in [-0.2, 0) is 14.3 Å². The third-order valence-electron chi connectivity index (χ3n) is 2.53. The van der Waals surface area contributed by atoms with Crippen molar-refractivity contribution in [2.24, 2.45) is 0 Å². The van der Waals surface area contributed by atoms with Crippen molar-refractivity contribution in [2.45, 2.75) is 71.5 Å². The van der Waals surface area contributed by atoms with E-state index in [2.05, 4.69) is 6.92 Å². The van der Waals surface area contributed by atoms with Crippen LogP contribution >= 0.6 is 0 Å². The van der Waals surface area contributed by atoms with Crippen LogP contribution in [0.15, 0.2) is 0 Å². The monoisotopic (exact) mass is 244 g/mol. The Labute approximate surface area is 103 Å². The molecule has 0 saturated heterocycles. The number of hydrogen-bond donors (Lipinski definition) is 1. The third-order valence-corrected chi connectivity index (χ3v) is 2.53. The van der Waals surface area contributed by atoms with Gasteiger partial charge in [-0.2, -0.15) is 0 Å². The zero-order valence-corrected chi connectivity index (χ0v) is 11.1. The van der Waals surface area contributed by atoms with Crippen LogP contribution in [0.25, 0.3) is 0 Å². The van der Waals surface area contributed by atoms with E-state index in [1.54, 1.807) is 0 Å². The normalized spacial score (nSPS) is 14.1. The van der Waals surface area contributed by atoms with Gasteiger partial charge in [-0.1, -0.05) is 26.2 Å². The van der Waals surface area contributed by atoms with E-state index in [-0.39, 0.29) is 18.3 Å². The molecule has 0 aliphatic carbocycles. The maximum absolute atomic E-state index is 11.4. The van der Waals surface area contributed by atoms with Crippen molar-refractivity contribution in [3.63, 3.8) is 0 Å². The fourth-order valence-electron chi connectivity index (χ4n) is 1.55. The summed E-state index contributed by atoms with van der Waals surface area (Å²) in [4.78, 5) is 22.1. The molecule has 0 aromatic heterocycles. The molecule has 1 N–H and O–H groups in total. The average molecular weight is 244 g/mol. The minimum absolute atomic E-state index is 0.165. The molecule has 0 heterocycles. The highest BCUT2D eigenvalue weighted by Gasteiger charge is 2.20. The van der Waals surface area contributed by atoms with Crippen LogP contribution < -0.4 is 0 Å². The van der Waals surface area contributed by atoms with E-state index in [0.717, 1.165) is 19.3 Å². The number of esters is 1. The Balaban J connectivity index is 3.75. The van der Waals surface area contributed by atoms with E-state index in [0.29, 0.717) is 0 Å². The van der Waals surface area contributed by atoms with Crippen LogP contribution in [-0.4, -0.2) is 29.1 Å². The van der Waals surface area contributed by atoms with Gasteiger partial charge in [0.15, 0.2) is 6.10 Å². The number of ketones is 1. The molecule has 0 aliphatic heterocycles. The number of carbonyl (C=O) groups is 2. The molecule has 0 fully saturated rings. The summed E-state index contributed by atoms with van der Waals surface area (Å²) in [5, 5.41) is 9.35. The number of aliphatic hydroxyl groups excluding tert-OH is 1. The topological polar surface area (TPSA) is 63.6 Å². The second-order valence-corrected chi connectivity index (χ2v) is 4.52. The van der Waals surface area contributed by atoms with Gasteiger partial charge in [-0.15, -0.1) is 0 Å². The molecule has 0 radical (unpaired) electrons. The van der Waals surface area contributed by atoms with Crippen molar-refractivity contribution >= 4 is 11.8 Å². The first-order valence-electron chi connectivity index (χ1n) is 6.35. The zero-order chi connectivity index (χ0) is 13.3. The molecule has 0 bridgehead atoms. The van der Waals surface area contributed by atoms with Gasteiger partial charge in [0.05, 0.1) is 6.10 Å². The maximum Gasteiger partial charge on any atom is 0.335 e. The highest BCUT2D eigenvalue weighted by atomic mass is 16.6. The Bertz CT molecular complexity index is 238. The number of unbranched alkanes of at least 4 members (excludes halogenated alkanes) is 3.